The van der Waals surface area contributed by atoms with E-state index in [1.807, 2.05) is 62.4 Å². The Hall–Kier alpha value is -3.57. The summed E-state index contributed by atoms with van der Waals surface area (Å²) in [7, 11) is 0. The lowest BCUT2D eigenvalue weighted by atomic mass is 10.1. The van der Waals surface area contributed by atoms with Crippen LogP contribution in [-0.2, 0) is 0 Å². The van der Waals surface area contributed by atoms with Crippen LogP contribution in [0.1, 0.15) is 27.2 Å². The zero-order valence-corrected chi connectivity index (χ0v) is 17.3. The van der Waals surface area contributed by atoms with Gasteiger partial charge in [-0.15, -0.1) is 0 Å². The molecule has 0 saturated heterocycles. The Morgan fingerprint density at radius 2 is 1.63 bits per heavy atom. The number of nitrogens with zero attached hydrogens (tertiary/aromatic N) is 3. The van der Waals surface area contributed by atoms with Crippen molar-refractivity contribution in [1.29, 1.82) is 0 Å². The largest absolute Gasteiger partial charge is 0.321 e. The number of fused-ring (bicyclic) bond motifs is 1. The van der Waals surface area contributed by atoms with Gasteiger partial charge in [0.2, 0.25) is 0 Å². The number of halogens is 1. The fourth-order valence-corrected chi connectivity index (χ4v) is 3.03. The van der Waals surface area contributed by atoms with Crippen LogP contribution in [-0.4, -0.2) is 22.1 Å². The molecule has 0 radical (unpaired) electrons. The molecule has 0 aliphatic carbocycles. The molecule has 4 rings (SSSR count). The molecule has 0 saturated carbocycles. The Morgan fingerprint density at radius 1 is 0.967 bits per heavy atom. The van der Waals surface area contributed by atoms with Crippen molar-refractivity contribution in [3.63, 3.8) is 0 Å². The van der Waals surface area contributed by atoms with Gasteiger partial charge in [0.05, 0.1) is 22.9 Å². The molecule has 1 aromatic heterocycles. The summed E-state index contributed by atoms with van der Waals surface area (Å²) in [5.74, 6) is -0.306. The Labute approximate surface area is 179 Å². The molecular formula is C24H19ClN4O. The van der Waals surface area contributed by atoms with E-state index in [4.69, 9.17) is 11.6 Å². The molecule has 0 unspecified atom stereocenters. The third kappa shape index (κ3) is 4.53. The predicted molar refractivity (Wildman–Crippen MR) is 122 cm³/mol. The molecule has 0 atom stereocenters. The third-order valence-corrected chi connectivity index (χ3v) is 5.00. The summed E-state index contributed by atoms with van der Waals surface area (Å²) >= 11 is 5.89. The van der Waals surface area contributed by atoms with E-state index in [0.717, 1.165) is 27.9 Å². The number of aromatic nitrogens is 2. The molecule has 0 aliphatic heterocycles. The summed E-state index contributed by atoms with van der Waals surface area (Å²) in [6, 6.07) is 18.6. The Morgan fingerprint density at radius 3 is 2.33 bits per heavy atom. The van der Waals surface area contributed by atoms with Crippen LogP contribution < -0.4 is 5.32 Å². The summed E-state index contributed by atoms with van der Waals surface area (Å²) < 4.78 is 0. The Kier molecular flexibility index (Phi) is 5.55. The SMILES string of the molecule is Cc1cc2ncc(C(=O)Nc3ccc(N=Cc4ccc(Cl)cc4)cc3)nc2cc1C. The maximum Gasteiger partial charge on any atom is 0.275 e. The topological polar surface area (TPSA) is 67.2 Å². The highest BCUT2D eigenvalue weighted by Gasteiger charge is 2.10. The Bertz CT molecular complexity index is 1250. The zero-order chi connectivity index (χ0) is 21.1. The van der Waals surface area contributed by atoms with Gasteiger partial charge < -0.3 is 5.32 Å². The lowest BCUT2D eigenvalue weighted by Crippen LogP contribution is -2.14. The van der Waals surface area contributed by atoms with Crippen molar-refractivity contribution in [2.24, 2.45) is 4.99 Å². The third-order valence-electron chi connectivity index (χ3n) is 4.75. The van der Waals surface area contributed by atoms with Gasteiger partial charge in [-0.2, -0.15) is 0 Å². The number of hydrogen-bond acceptors (Lipinski definition) is 4. The first-order chi connectivity index (χ1) is 14.5. The van der Waals surface area contributed by atoms with Crippen molar-refractivity contribution in [3.8, 4) is 0 Å². The first-order valence-corrected chi connectivity index (χ1v) is 9.81. The summed E-state index contributed by atoms with van der Waals surface area (Å²) in [6.45, 7) is 4.04. The highest BCUT2D eigenvalue weighted by Crippen LogP contribution is 2.19. The normalized spacial score (nSPS) is 11.2. The summed E-state index contributed by atoms with van der Waals surface area (Å²) in [5, 5.41) is 3.54. The van der Waals surface area contributed by atoms with Gasteiger partial charge in [-0.05, 0) is 79.1 Å². The number of benzene rings is 3. The predicted octanol–water partition coefficient (Wildman–Crippen LogP) is 5.90. The number of amides is 1. The van der Waals surface area contributed by atoms with Gasteiger partial charge in [0.1, 0.15) is 5.69 Å². The van der Waals surface area contributed by atoms with Crippen molar-refractivity contribution in [1.82, 2.24) is 9.97 Å². The number of aliphatic imine (C=N–C) groups is 1. The molecule has 30 heavy (non-hydrogen) atoms. The van der Waals surface area contributed by atoms with E-state index in [0.29, 0.717) is 16.2 Å². The number of hydrogen-bond donors (Lipinski definition) is 1. The number of carbonyl (C=O) groups excluding carboxylic acids is 1. The molecule has 5 nitrogen and oxygen atoms in total. The van der Waals surface area contributed by atoms with Gasteiger partial charge in [0.25, 0.3) is 5.91 Å². The van der Waals surface area contributed by atoms with Crippen LogP contribution in [0.4, 0.5) is 11.4 Å². The maximum absolute atomic E-state index is 12.6. The number of nitrogens with one attached hydrogen (secondary N) is 1. The number of rotatable bonds is 4. The standard InChI is InChI=1S/C24H19ClN4O/c1-15-11-21-22(12-16(15)2)29-23(14-27-21)24(30)28-20-9-7-19(8-10-20)26-13-17-3-5-18(25)6-4-17/h3-14H,1-2H3,(H,28,30). The maximum atomic E-state index is 12.6. The van der Waals surface area contributed by atoms with Gasteiger partial charge in [0, 0.05) is 16.9 Å². The molecule has 1 heterocycles. The minimum Gasteiger partial charge on any atom is -0.321 e. The summed E-state index contributed by atoms with van der Waals surface area (Å²) in [4.78, 5) is 25.8. The first kappa shape index (κ1) is 19.7. The minimum absolute atomic E-state index is 0.274. The Balaban J connectivity index is 1.46. The van der Waals surface area contributed by atoms with E-state index in [1.54, 1.807) is 18.3 Å². The summed E-state index contributed by atoms with van der Waals surface area (Å²) in [5.41, 5.74) is 6.41. The molecule has 6 heteroatoms. The fraction of sp³-hybridized carbons (Fsp3) is 0.0833. The average Bonchev–Trinajstić information content (AvgIpc) is 2.75. The van der Waals surface area contributed by atoms with Gasteiger partial charge in [-0.3, -0.25) is 14.8 Å². The number of anilines is 1. The van der Waals surface area contributed by atoms with Gasteiger partial charge in [-0.1, -0.05) is 23.7 Å². The molecule has 0 spiro atoms. The first-order valence-electron chi connectivity index (χ1n) is 9.43. The van der Waals surface area contributed by atoms with E-state index in [-0.39, 0.29) is 11.6 Å². The van der Waals surface area contributed by atoms with Crippen LogP contribution >= 0.6 is 11.6 Å². The smallest absolute Gasteiger partial charge is 0.275 e. The molecule has 4 aromatic rings. The molecular weight excluding hydrogens is 396 g/mol. The van der Waals surface area contributed by atoms with E-state index < -0.39 is 0 Å². The van der Waals surface area contributed by atoms with Crippen molar-refractivity contribution < 1.29 is 4.79 Å². The number of aryl methyl sites for hydroxylation is 2. The lowest BCUT2D eigenvalue weighted by molar-refractivity contribution is 0.102. The van der Waals surface area contributed by atoms with Crippen LogP contribution in [0, 0.1) is 13.8 Å². The van der Waals surface area contributed by atoms with Crippen LogP contribution in [0.15, 0.2) is 71.9 Å². The minimum atomic E-state index is -0.306. The fourth-order valence-electron chi connectivity index (χ4n) is 2.90. The highest BCUT2D eigenvalue weighted by atomic mass is 35.5. The molecule has 148 valence electrons. The molecule has 0 bridgehead atoms. The van der Waals surface area contributed by atoms with Crippen molar-refractivity contribution in [3.05, 3.63) is 94.3 Å². The van der Waals surface area contributed by atoms with Gasteiger partial charge >= 0.3 is 0 Å². The van der Waals surface area contributed by atoms with Crippen molar-refractivity contribution in [2.75, 3.05) is 5.32 Å². The molecule has 0 aliphatic rings. The van der Waals surface area contributed by atoms with Crippen LogP contribution in [0.5, 0.6) is 0 Å². The van der Waals surface area contributed by atoms with Gasteiger partial charge in [-0.25, -0.2) is 4.98 Å². The second-order valence-corrected chi connectivity index (χ2v) is 7.43. The van der Waals surface area contributed by atoms with Crippen molar-refractivity contribution in [2.45, 2.75) is 13.8 Å². The lowest BCUT2D eigenvalue weighted by Gasteiger charge is -2.07. The van der Waals surface area contributed by atoms with Crippen molar-refractivity contribution >= 4 is 46.1 Å². The van der Waals surface area contributed by atoms with Gasteiger partial charge in [0.15, 0.2) is 0 Å². The molecule has 0 fully saturated rings. The molecule has 1 N–H and O–H groups in total. The monoisotopic (exact) mass is 414 g/mol. The van der Waals surface area contributed by atoms with E-state index in [1.165, 1.54) is 6.20 Å². The quantitative estimate of drug-likeness (QED) is 0.422. The van der Waals surface area contributed by atoms with Crippen LogP contribution in [0.2, 0.25) is 5.02 Å². The second-order valence-electron chi connectivity index (χ2n) is 6.99. The van der Waals surface area contributed by atoms with Crippen LogP contribution in [0.3, 0.4) is 0 Å². The average molecular weight is 415 g/mol. The molecule has 1 amide bonds. The molecule has 3 aromatic carbocycles. The summed E-state index contributed by atoms with van der Waals surface area (Å²) in [6.07, 6.45) is 3.26. The van der Waals surface area contributed by atoms with Crippen LogP contribution in [0.25, 0.3) is 11.0 Å². The van der Waals surface area contributed by atoms with E-state index >= 15 is 0 Å². The number of carbonyl (C=O) groups is 1. The second kappa shape index (κ2) is 8.43. The van der Waals surface area contributed by atoms with E-state index in [2.05, 4.69) is 20.3 Å². The highest BCUT2D eigenvalue weighted by molar-refractivity contribution is 6.30. The van der Waals surface area contributed by atoms with E-state index in [9.17, 15) is 4.79 Å². The zero-order valence-electron chi connectivity index (χ0n) is 16.6.